The largest absolute Gasteiger partial charge is 0.390 e. The minimum Gasteiger partial charge on any atom is -0.390 e. The highest BCUT2D eigenvalue weighted by Crippen LogP contribution is 1.89. The molecular weight excluding hydrogens is 168 g/mol. The fraction of sp³-hybridized carbons (Fsp3) is 0.625. The Morgan fingerprint density at radius 1 is 1.62 bits per heavy atom. The quantitative estimate of drug-likeness (QED) is 0.595. The summed E-state index contributed by atoms with van der Waals surface area (Å²) in [6.45, 7) is 1.06. The SMILES string of the molecule is CN(C)NCC(O)Cn1cccn1. The molecule has 1 rings (SSSR count). The molecule has 2 N–H and O–H groups in total. The summed E-state index contributed by atoms with van der Waals surface area (Å²) in [5, 5.41) is 15.3. The van der Waals surface area contributed by atoms with Crippen LogP contribution in [0, 0.1) is 0 Å². The molecule has 1 atom stereocenters. The van der Waals surface area contributed by atoms with E-state index in [0.29, 0.717) is 13.1 Å². The third kappa shape index (κ3) is 4.02. The van der Waals surface area contributed by atoms with Gasteiger partial charge in [-0.05, 0) is 6.07 Å². The second-order valence-electron chi connectivity index (χ2n) is 3.14. The highest BCUT2D eigenvalue weighted by molar-refractivity contribution is 4.78. The van der Waals surface area contributed by atoms with Crippen LogP contribution >= 0.6 is 0 Å². The molecule has 5 heteroatoms. The van der Waals surface area contributed by atoms with Gasteiger partial charge in [0.25, 0.3) is 0 Å². The molecule has 74 valence electrons. The zero-order valence-corrected chi connectivity index (χ0v) is 8.01. The van der Waals surface area contributed by atoms with Gasteiger partial charge < -0.3 is 5.11 Å². The monoisotopic (exact) mass is 184 g/mol. The Labute approximate surface area is 77.9 Å². The van der Waals surface area contributed by atoms with E-state index in [1.165, 1.54) is 0 Å². The van der Waals surface area contributed by atoms with Crippen LogP contribution in [-0.4, -0.2) is 46.6 Å². The molecule has 0 aliphatic heterocycles. The van der Waals surface area contributed by atoms with Gasteiger partial charge in [0.1, 0.15) is 0 Å². The highest BCUT2D eigenvalue weighted by Gasteiger charge is 2.04. The molecule has 0 saturated carbocycles. The Bertz CT molecular complexity index is 222. The third-order valence-electron chi connectivity index (χ3n) is 1.60. The number of hydrogen-bond donors (Lipinski definition) is 2. The third-order valence-corrected chi connectivity index (χ3v) is 1.60. The van der Waals surface area contributed by atoms with Crippen LogP contribution in [0.15, 0.2) is 18.5 Å². The van der Waals surface area contributed by atoms with Gasteiger partial charge in [-0.2, -0.15) is 5.10 Å². The molecule has 0 aliphatic rings. The molecule has 0 radical (unpaired) electrons. The van der Waals surface area contributed by atoms with Crippen molar-refractivity contribution in [3.05, 3.63) is 18.5 Å². The summed E-state index contributed by atoms with van der Waals surface area (Å²) in [4.78, 5) is 0. The maximum Gasteiger partial charge on any atom is 0.0874 e. The van der Waals surface area contributed by atoms with Gasteiger partial charge in [-0.3, -0.25) is 15.1 Å². The van der Waals surface area contributed by atoms with Crippen molar-refractivity contribution in [3.63, 3.8) is 0 Å². The van der Waals surface area contributed by atoms with Crippen molar-refractivity contribution in [2.75, 3.05) is 20.6 Å². The first-order chi connectivity index (χ1) is 6.18. The van der Waals surface area contributed by atoms with E-state index in [2.05, 4.69) is 10.5 Å². The first-order valence-electron chi connectivity index (χ1n) is 4.25. The number of nitrogens with zero attached hydrogens (tertiary/aromatic N) is 3. The average molecular weight is 184 g/mol. The van der Waals surface area contributed by atoms with Crippen LogP contribution in [-0.2, 0) is 6.54 Å². The zero-order chi connectivity index (χ0) is 9.68. The summed E-state index contributed by atoms with van der Waals surface area (Å²) in [5.41, 5.74) is 3.00. The van der Waals surface area contributed by atoms with E-state index in [1.54, 1.807) is 10.9 Å². The van der Waals surface area contributed by atoms with Gasteiger partial charge in [0.05, 0.1) is 12.6 Å². The van der Waals surface area contributed by atoms with Gasteiger partial charge in [0, 0.05) is 33.0 Å². The van der Waals surface area contributed by atoms with Crippen LogP contribution in [0.2, 0.25) is 0 Å². The van der Waals surface area contributed by atoms with Gasteiger partial charge in [-0.15, -0.1) is 0 Å². The Balaban J connectivity index is 2.22. The minimum absolute atomic E-state index is 0.415. The Kier molecular flexibility index (Phi) is 3.88. The molecule has 0 amide bonds. The van der Waals surface area contributed by atoms with Gasteiger partial charge in [-0.1, -0.05) is 0 Å². The first kappa shape index (κ1) is 10.2. The highest BCUT2D eigenvalue weighted by atomic mass is 16.3. The van der Waals surface area contributed by atoms with Crippen LogP contribution in [0.5, 0.6) is 0 Å². The number of nitrogens with one attached hydrogen (secondary N) is 1. The van der Waals surface area contributed by atoms with E-state index in [1.807, 2.05) is 31.4 Å². The zero-order valence-electron chi connectivity index (χ0n) is 8.01. The Morgan fingerprint density at radius 2 is 2.38 bits per heavy atom. The molecule has 1 heterocycles. The molecule has 1 aromatic heterocycles. The van der Waals surface area contributed by atoms with Crippen molar-refractivity contribution in [2.45, 2.75) is 12.6 Å². The fourth-order valence-electron chi connectivity index (χ4n) is 0.977. The van der Waals surface area contributed by atoms with Gasteiger partial charge >= 0.3 is 0 Å². The second-order valence-corrected chi connectivity index (χ2v) is 3.14. The lowest BCUT2D eigenvalue weighted by molar-refractivity contribution is 0.120. The first-order valence-corrected chi connectivity index (χ1v) is 4.25. The van der Waals surface area contributed by atoms with Gasteiger partial charge in [0.2, 0.25) is 0 Å². The maximum atomic E-state index is 9.52. The van der Waals surface area contributed by atoms with E-state index in [9.17, 15) is 5.11 Å². The predicted octanol–water partition coefficient (Wildman–Crippen LogP) is -0.690. The summed E-state index contributed by atoms with van der Waals surface area (Å²) >= 11 is 0. The number of aliphatic hydroxyl groups excluding tert-OH is 1. The van der Waals surface area contributed by atoms with Crippen molar-refractivity contribution >= 4 is 0 Å². The van der Waals surface area contributed by atoms with Gasteiger partial charge in [0.15, 0.2) is 0 Å². The molecule has 0 bridgehead atoms. The molecular formula is C8H16N4O. The van der Waals surface area contributed by atoms with E-state index in [0.717, 1.165) is 0 Å². The van der Waals surface area contributed by atoms with Crippen LogP contribution in [0.3, 0.4) is 0 Å². The lowest BCUT2D eigenvalue weighted by Crippen LogP contribution is -2.38. The summed E-state index contributed by atoms with van der Waals surface area (Å²) in [6.07, 6.45) is 3.12. The number of hydrogen-bond acceptors (Lipinski definition) is 4. The molecule has 5 nitrogen and oxygen atoms in total. The minimum atomic E-state index is -0.415. The Hall–Kier alpha value is -0.910. The predicted molar refractivity (Wildman–Crippen MR) is 49.9 cm³/mol. The van der Waals surface area contributed by atoms with Crippen molar-refractivity contribution in [3.8, 4) is 0 Å². The molecule has 0 saturated heterocycles. The maximum absolute atomic E-state index is 9.52. The normalized spacial score (nSPS) is 13.5. The fourth-order valence-corrected chi connectivity index (χ4v) is 0.977. The van der Waals surface area contributed by atoms with Crippen molar-refractivity contribution < 1.29 is 5.11 Å². The van der Waals surface area contributed by atoms with E-state index in [4.69, 9.17) is 0 Å². The molecule has 0 fully saturated rings. The lowest BCUT2D eigenvalue weighted by Gasteiger charge is -2.15. The number of aromatic nitrogens is 2. The smallest absolute Gasteiger partial charge is 0.0874 e. The van der Waals surface area contributed by atoms with Crippen molar-refractivity contribution in [1.82, 2.24) is 20.2 Å². The standard InChI is InChI=1S/C8H16N4O/c1-11(2)10-6-8(13)7-12-5-3-4-9-12/h3-5,8,10,13H,6-7H2,1-2H3. The summed E-state index contributed by atoms with van der Waals surface area (Å²) in [6, 6.07) is 1.84. The summed E-state index contributed by atoms with van der Waals surface area (Å²) < 4.78 is 1.71. The van der Waals surface area contributed by atoms with Crippen LogP contribution in [0.25, 0.3) is 0 Å². The summed E-state index contributed by atoms with van der Waals surface area (Å²) in [7, 11) is 3.78. The van der Waals surface area contributed by atoms with Crippen LogP contribution in [0.1, 0.15) is 0 Å². The topological polar surface area (TPSA) is 53.3 Å². The molecule has 13 heavy (non-hydrogen) atoms. The molecule has 0 aromatic carbocycles. The van der Waals surface area contributed by atoms with E-state index < -0.39 is 6.10 Å². The van der Waals surface area contributed by atoms with Crippen LogP contribution in [0.4, 0.5) is 0 Å². The van der Waals surface area contributed by atoms with Crippen LogP contribution < -0.4 is 5.43 Å². The molecule has 0 aliphatic carbocycles. The number of hydrazine groups is 1. The molecule has 0 spiro atoms. The number of rotatable bonds is 5. The van der Waals surface area contributed by atoms with Crippen molar-refractivity contribution in [2.24, 2.45) is 0 Å². The van der Waals surface area contributed by atoms with Gasteiger partial charge in [-0.25, -0.2) is 0 Å². The second kappa shape index (κ2) is 4.96. The Morgan fingerprint density at radius 3 is 2.92 bits per heavy atom. The molecule has 1 aromatic rings. The lowest BCUT2D eigenvalue weighted by atomic mass is 10.3. The van der Waals surface area contributed by atoms with Crippen molar-refractivity contribution in [1.29, 1.82) is 0 Å². The molecule has 1 unspecified atom stereocenters. The van der Waals surface area contributed by atoms with E-state index in [-0.39, 0.29) is 0 Å². The number of aliphatic hydroxyl groups is 1. The summed E-state index contributed by atoms with van der Waals surface area (Å²) in [5.74, 6) is 0. The average Bonchev–Trinajstić information content (AvgIpc) is 2.53. The van der Waals surface area contributed by atoms with E-state index >= 15 is 0 Å².